The van der Waals surface area contributed by atoms with Crippen LogP contribution in [0.1, 0.15) is 135 Å². The number of hydrogen-bond acceptors (Lipinski definition) is 5. The highest BCUT2D eigenvalue weighted by atomic mass is 31.2. The van der Waals surface area contributed by atoms with Crippen LogP contribution < -0.4 is 0 Å². The quantitative estimate of drug-likeness (QED) is 0.0315. The molecule has 8 heteroatoms. The standard InChI is InChI=1S/C31H62NO6P/c1-5-6-7-8-9-10-11-12-13-14-15-16-17-18-19-20-21-22-23-26-31(33)36-28-25-30-38-39(34,35)37-29-24-27-32(2,3)4/h12-13H,5-11,14-30H2,1-4H3/p+1/b13-12+. The van der Waals surface area contributed by atoms with Crippen molar-refractivity contribution in [1.82, 2.24) is 0 Å². The van der Waals surface area contributed by atoms with Crippen LogP contribution in [0.25, 0.3) is 0 Å². The van der Waals surface area contributed by atoms with Gasteiger partial charge in [0.05, 0.1) is 47.5 Å². The van der Waals surface area contributed by atoms with Crippen LogP contribution in [0.5, 0.6) is 0 Å². The van der Waals surface area contributed by atoms with Crippen LogP contribution in [0.4, 0.5) is 0 Å². The number of esters is 1. The van der Waals surface area contributed by atoms with Crippen molar-refractivity contribution in [3.05, 3.63) is 12.2 Å². The Morgan fingerprint density at radius 1 is 0.667 bits per heavy atom. The molecule has 0 aromatic heterocycles. The summed E-state index contributed by atoms with van der Waals surface area (Å²) < 4.78 is 27.7. The van der Waals surface area contributed by atoms with Gasteiger partial charge in [0.2, 0.25) is 0 Å². The second kappa shape index (κ2) is 26.2. The smallest absolute Gasteiger partial charge is 0.466 e. The number of hydrogen-bond donors (Lipinski definition) is 1. The van der Waals surface area contributed by atoms with E-state index in [-0.39, 0.29) is 25.8 Å². The van der Waals surface area contributed by atoms with E-state index in [4.69, 9.17) is 13.8 Å². The Kier molecular flexibility index (Phi) is 25.7. The maximum Gasteiger partial charge on any atom is 0.472 e. The minimum absolute atomic E-state index is 0.0202. The third kappa shape index (κ3) is 31.7. The highest BCUT2D eigenvalue weighted by Gasteiger charge is 2.21. The van der Waals surface area contributed by atoms with Crippen molar-refractivity contribution in [2.45, 2.75) is 135 Å². The number of carbonyl (C=O) groups is 1. The lowest BCUT2D eigenvalue weighted by Gasteiger charge is -2.23. The predicted octanol–water partition coefficient (Wildman–Crippen LogP) is 8.75. The van der Waals surface area contributed by atoms with Crippen molar-refractivity contribution in [2.24, 2.45) is 0 Å². The molecule has 0 saturated heterocycles. The number of quaternary nitrogens is 1. The van der Waals surface area contributed by atoms with Crippen LogP contribution in [0.2, 0.25) is 0 Å². The topological polar surface area (TPSA) is 82.1 Å². The van der Waals surface area contributed by atoms with Crippen LogP contribution in [0, 0.1) is 0 Å². The van der Waals surface area contributed by atoms with Gasteiger partial charge in [0, 0.05) is 19.3 Å². The third-order valence-electron chi connectivity index (χ3n) is 6.68. The maximum atomic E-state index is 11.8. The van der Waals surface area contributed by atoms with E-state index >= 15 is 0 Å². The molecular weight excluding hydrogens is 513 g/mol. The molecular formula is C31H63NO6P+. The molecule has 0 aliphatic heterocycles. The molecule has 39 heavy (non-hydrogen) atoms. The molecule has 0 amide bonds. The van der Waals surface area contributed by atoms with Gasteiger partial charge < -0.3 is 14.1 Å². The van der Waals surface area contributed by atoms with Gasteiger partial charge in [-0.05, 0) is 32.1 Å². The predicted molar refractivity (Wildman–Crippen MR) is 163 cm³/mol. The summed E-state index contributed by atoms with van der Waals surface area (Å²) in [5, 5.41) is 0. The van der Waals surface area contributed by atoms with Gasteiger partial charge in [-0.1, -0.05) is 96.1 Å². The first-order chi connectivity index (χ1) is 18.7. The molecule has 0 aliphatic carbocycles. The number of phosphoric acid groups is 1. The van der Waals surface area contributed by atoms with Gasteiger partial charge in [-0.25, -0.2) is 4.57 Å². The second-order valence-corrected chi connectivity index (χ2v) is 13.3. The average molecular weight is 577 g/mol. The summed E-state index contributed by atoms with van der Waals surface area (Å²) in [6.45, 7) is 3.49. The summed E-state index contributed by atoms with van der Waals surface area (Å²) in [5.41, 5.74) is 0. The Morgan fingerprint density at radius 3 is 1.64 bits per heavy atom. The lowest BCUT2D eigenvalue weighted by Crippen LogP contribution is -2.35. The van der Waals surface area contributed by atoms with Gasteiger partial charge in [0.15, 0.2) is 0 Å². The van der Waals surface area contributed by atoms with Gasteiger partial charge in [0.1, 0.15) is 0 Å². The van der Waals surface area contributed by atoms with E-state index < -0.39 is 7.82 Å². The fourth-order valence-corrected chi connectivity index (χ4v) is 5.09. The monoisotopic (exact) mass is 576 g/mol. The zero-order valence-corrected chi connectivity index (χ0v) is 26.9. The largest absolute Gasteiger partial charge is 0.472 e. The fraction of sp³-hybridized carbons (Fsp3) is 0.903. The zero-order valence-electron chi connectivity index (χ0n) is 26.0. The lowest BCUT2D eigenvalue weighted by molar-refractivity contribution is -0.870. The molecule has 0 heterocycles. The fourth-order valence-electron chi connectivity index (χ4n) is 4.30. The van der Waals surface area contributed by atoms with Crippen molar-refractivity contribution >= 4 is 13.8 Å². The van der Waals surface area contributed by atoms with Gasteiger partial charge >= 0.3 is 13.8 Å². The molecule has 7 nitrogen and oxygen atoms in total. The molecule has 0 aromatic carbocycles. The van der Waals surface area contributed by atoms with E-state index in [1.165, 1.54) is 96.3 Å². The minimum Gasteiger partial charge on any atom is -0.466 e. The van der Waals surface area contributed by atoms with Crippen LogP contribution in [0.3, 0.4) is 0 Å². The van der Waals surface area contributed by atoms with Gasteiger partial charge in [0.25, 0.3) is 0 Å². The molecule has 0 fully saturated rings. The van der Waals surface area contributed by atoms with Crippen molar-refractivity contribution in [2.75, 3.05) is 47.5 Å². The SMILES string of the molecule is CCCCCCCC/C=C/CCCCCCCCCCCC(=O)OCCCOP(=O)(O)OCCC[N+](C)(C)C. The Balaban J connectivity index is 3.39. The lowest BCUT2D eigenvalue weighted by atomic mass is 10.1. The van der Waals surface area contributed by atoms with Crippen molar-refractivity contribution in [3.8, 4) is 0 Å². The molecule has 0 aliphatic rings. The van der Waals surface area contributed by atoms with E-state index in [0.29, 0.717) is 19.3 Å². The first-order valence-corrected chi connectivity index (χ1v) is 17.4. The number of unbranched alkanes of at least 4 members (excludes halogenated alkanes) is 15. The normalized spacial score (nSPS) is 13.7. The van der Waals surface area contributed by atoms with E-state index in [9.17, 15) is 14.3 Å². The summed E-state index contributed by atoms with van der Waals surface area (Å²) in [5.74, 6) is -0.209. The van der Waals surface area contributed by atoms with Gasteiger partial charge in [-0.2, -0.15) is 0 Å². The Labute approximate surface area is 241 Å². The Morgan fingerprint density at radius 2 is 1.13 bits per heavy atom. The Bertz CT molecular complexity index is 635. The maximum absolute atomic E-state index is 11.8. The number of rotatable bonds is 29. The zero-order chi connectivity index (χ0) is 29.1. The first-order valence-electron chi connectivity index (χ1n) is 15.9. The Hall–Kier alpha value is -0.720. The van der Waals surface area contributed by atoms with Crippen LogP contribution in [0.15, 0.2) is 12.2 Å². The molecule has 0 bridgehead atoms. The van der Waals surface area contributed by atoms with Crippen molar-refractivity contribution < 1.29 is 32.5 Å². The minimum atomic E-state index is -4.04. The average Bonchev–Trinajstić information content (AvgIpc) is 2.87. The molecule has 1 N–H and O–H groups in total. The molecule has 232 valence electrons. The first kappa shape index (κ1) is 38.3. The highest BCUT2D eigenvalue weighted by Crippen LogP contribution is 2.43. The van der Waals surface area contributed by atoms with E-state index in [2.05, 4.69) is 40.2 Å². The summed E-state index contributed by atoms with van der Waals surface area (Å²) in [6, 6.07) is 0. The second-order valence-electron chi connectivity index (χ2n) is 11.8. The summed E-state index contributed by atoms with van der Waals surface area (Å²) in [4.78, 5) is 21.5. The van der Waals surface area contributed by atoms with Crippen LogP contribution in [-0.2, 0) is 23.1 Å². The van der Waals surface area contributed by atoms with Crippen LogP contribution in [-0.4, -0.2) is 62.9 Å². The highest BCUT2D eigenvalue weighted by molar-refractivity contribution is 7.47. The molecule has 0 aromatic rings. The van der Waals surface area contributed by atoms with E-state index in [1.54, 1.807) is 0 Å². The molecule has 0 spiro atoms. The van der Waals surface area contributed by atoms with Crippen LogP contribution >= 0.6 is 7.82 Å². The molecule has 0 radical (unpaired) electrons. The van der Waals surface area contributed by atoms with E-state index in [1.807, 2.05) is 0 Å². The molecule has 0 rings (SSSR count). The summed E-state index contributed by atoms with van der Waals surface area (Å²) >= 11 is 0. The van der Waals surface area contributed by atoms with Gasteiger partial charge in [-0.3, -0.25) is 13.8 Å². The molecule has 1 unspecified atom stereocenters. The van der Waals surface area contributed by atoms with Crippen molar-refractivity contribution in [3.63, 3.8) is 0 Å². The molecule has 1 atom stereocenters. The number of nitrogens with zero attached hydrogens (tertiary/aromatic N) is 1. The summed E-state index contributed by atoms with van der Waals surface area (Å²) in [6.07, 6.45) is 27.9. The number of ether oxygens (including phenoxy) is 1. The van der Waals surface area contributed by atoms with Gasteiger partial charge in [-0.15, -0.1) is 0 Å². The van der Waals surface area contributed by atoms with E-state index in [0.717, 1.165) is 23.9 Å². The van der Waals surface area contributed by atoms with Crippen molar-refractivity contribution in [1.29, 1.82) is 0 Å². The summed E-state index contributed by atoms with van der Waals surface area (Å²) in [7, 11) is 2.12. The third-order valence-corrected chi connectivity index (χ3v) is 7.69. The number of phosphoric ester groups is 1. The number of allylic oxidation sites excluding steroid dienone is 2. The number of carbonyl (C=O) groups excluding carboxylic acids is 1. The molecule has 0 saturated carbocycles.